The lowest BCUT2D eigenvalue weighted by atomic mass is 9.73. The van der Waals surface area contributed by atoms with Crippen LogP contribution < -0.4 is 5.32 Å². The second-order valence-corrected chi connectivity index (χ2v) is 5.33. The van der Waals surface area contributed by atoms with Crippen molar-refractivity contribution in [1.29, 1.82) is 0 Å². The molecule has 1 saturated heterocycles. The third-order valence-electron chi connectivity index (χ3n) is 4.20. The van der Waals surface area contributed by atoms with Crippen molar-refractivity contribution in [3.63, 3.8) is 0 Å². The molecule has 1 aliphatic heterocycles. The Balaban J connectivity index is 1.90. The SMILES string of the molecule is CC1=CC[C@H]2CN[C@@H](c3ccc(F)cc3)[C@@H]1C2. The summed E-state index contributed by atoms with van der Waals surface area (Å²) < 4.78 is 13.0. The zero-order chi connectivity index (χ0) is 11.8. The van der Waals surface area contributed by atoms with Crippen LogP contribution in [0.5, 0.6) is 0 Å². The molecular weight excluding hydrogens is 213 g/mol. The minimum Gasteiger partial charge on any atom is -0.309 e. The molecule has 1 heterocycles. The van der Waals surface area contributed by atoms with Gasteiger partial charge in [-0.05, 0) is 55.8 Å². The predicted octanol–water partition coefficient (Wildman–Crippen LogP) is 3.44. The maximum Gasteiger partial charge on any atom is 0.123 e. The van der Waals surface area contributed by atoms with Crippen LogP contribution in [0, 0.1) is 17.7 Å². The number of fused-ring (bicyclic) bond motifs is 2. The fourth-order valence-corrected chi connectivity index (χ4v) is 3.17. The van der Waals surface area contributed by atoms with Gasteiger partial charge in [0.05, 0.1) is 0 Å². The molecule has 0 unspecified atom stereocenters. The number of rotatable bonds is 1. The fourth-order valence-electron chi connectivity index (χ4n) is 3.17. The third kappa shape index (κ3) is 2.02. The molecule has 90 valence electrons. The lowest BCUT2D eigenvalue weighted by Crippen LogP contribution is -2.41. The average Bonchev–Trinajstić information content (AvgIpc) is 2.36. The van der Waals surface area contributed by atoms with Gasteiger partial charge < -0.3 is 5.32 Å². The molecule has 2 aliphatic rings. The highest BCUT2D eigenvalue weighted by molar-refractivity contribution is 5.26. The maximum absolute atomic E-state index is 13.0. The Morgan fingerprint density at radius 1 is 1.24 bits per heavy atom. The van der Waals surface area contributed by atoms with Crippen molar-refractivity contribution in [3.05, 3.63) is 47.3 Å². The molecule has 0 radical (unpaired) electrons. The molecule has 0 aromatic heterocycles. The molecule has 17 heavy (non-hydrogen) atoms. The number of benzene rings is 1. The minimum absolute atomic E-state index is 0.154. The predicted molar refractivity (Wildman–Crippen MR) is 67.1 cm³/mol. The van der Waals surface area contributed by atoms with Crippen molar-refractivity contribution in [2.24, 2.45) is 11.8 Å². The maximum atomic E-state index is 13.0. The molecule has 3 rings (SSSR count). The summed E-state index contributed by atoms with van der Waals surface area (Å²) in [5.74, 6) is 1.23. The van der Waals surface area contributed by atoms with Crippen LogP contribution in [-0.2, 0) is 0 Å². The number of hydrogen-bond acceptors (Lipinski definition) is 1. The van der Waals surface area contributed by atoms with Crippen LogP contribution in [0.25, 0.3) is 0 Å². The van der Waals surface area contributed by atoms with Gasteiger partial charge in [0, 0.05) is 6.04 Å². The molecule has 1 N–H and O–H groups in total. The lowest BCUT2D eigenvalue weighted by molar-refractivity contribution is 0.233. The highest BCUT2D eigenvalue weighted by Crippen LogP contribution is 2.40. The van der Waals surface area contributed by atoms with Crippen LogP contribution in [0.4, 0.5) is 4.39 Å². The van der Waals surface area contributed by atoms with Crippen LogP contribution in [0.2, 0.25) is 0 Å². The topological polar surface area (TPSA) is 12.0 Å². The van der Waals surface area contributed by atoms with Gasteiger partial charge in [0.15, 0.2) is 0 Å². The van der Waals surface area contributed by atoms with E-state index in [1.54, 1.807) is 12.1 Å². The minimum atomic E-state index is -0.154. The smallest absolute Gasteiger partial charge is 0.123 e. The monoisotopic (exact) mass is 231 g/mol. The summed E-state index contributed by atoms with van der Waals surface area (Å²) >= 11 is 0. The lowest BCUT2D eigenvalue weighted by Gasteiger charge is -2.41. The van der Waals surface area contributed by atoms with E-state index in [4.69, 9.17) is 0 Å². The number of hydrogen-bond donors (Lipinski definition) is 1. The van der Waals surface area contributed by atoms with Crippen molar-refractivity contribution in [3.8, 4) is 0 Å². The highest BCUT2D eigenvalue weighted by Gasteiger charge is 2.34. The molecule has 1 aliphatic carbocycles. The van der Waals surface area contributed by atoms with Crippen LogP contribution in [0.1, 0.15) is 31.4 Å². The van der Waals surface area contributed by atoms with E-state index >= 15 is 0 Å². The van der Waals surface area contributed by atoms with E-state index in [0.717, 1.165) is 12.5 Å². The Morgan fingerprint density at radius 3 is 2.76 bits per heavy atom. The van der Waals surface area contributed by atoms with Crippen molar-refractivity contribution in [2.45, 2.75) is 25.8 Å². The molecule has 1 fully saturated rings. The Hall–Kier alpha value is -1.15. The Morgan fingerprint density at radius 2 is 2.00 bits per heavy atom. The van der Waals surface area contributed by atoms with Gasteiger partial charge in [0.1, 0.15) is 5.82 Å². The van der Waals surface area contributed by atoms with Gasteiger partial charge in [-0.1, -0.05) is 23.8 Å². The molecule has 2 heteroatoms. The Bertz CT molecular complexity index is 435. The molecule has 2 bridgehead atoms. The molecule has 0 saturated carbocycles. The molecule has 1 aromatic rings. The second kappa shape index (κ2) is 4.26. The van der Waals surface area contributed by atoms with Crippen molar-refractivity contribution < 1.29 is 4.39 Å². The van der Waals surface area contributed by atoms with Gasteiger partial charge >= 0.3 is 0 Å². The zero-order valence-electron chi connectivity index (χ0n) is 10.1. The Labute approximate surface area is 102 Å². The first-order valence-electron chi connectivity index (χ1n) is 6.39. The van der Waals surface area contributed by atoms with E-state index in [9.17, 15) is 4.39 Å². The quantitative estimate of drug-likeness (QED) is 0.730. The number of piperidine rings is 1. The summed E-state index contributed by atoms with van der Waals surface area (Å²) in [7, 11) is 0. The first-order valence-corrected chi connectivity index (χ1v) is 6.39. The molecule has 1 nitrogen and oxygen atoms in total. The second-order valence-electron chi connectivity index (χ2n) is 5.33. The van der Waals surface area contributed by atoms with Crippen LogP contribution in [-0.4, -0.2) is 6.54 Å². The normalized spacial score (nSPS) is 32.1. The van der Waals surface area contributed by atoms with E-state index in [1.165, 1.54) is 24.0 Å². The number of halogens is 1. The number of allylic oxidation sites excluding steroid dienone is 1. The third-order valence-corrected chi connectivity index (χ3v) is 4.20. The molecule has 3 atom stereocenters. The van der Waals surface area contributed by atoms with E-state index in [2.05, 4.69) is 18.3 Å². The van der Waals surface area contributed by atoms with E-state index in [-0.39, 0.29) is 5.82 Å². The van der Waals surface area contributed by atoms with Gasteiger partial charge in [0.2, 0.25) is 0 Å². The van der Waals surface area contributed by atoms with Gasteiger partial charge in [0.25, 0.3) is 0 Å². The average molecular weight is 231 g/mol. The van der Waals surface area contributed by atoms with Gasteiger partial charge in [-0.25, -0.2) is 4.39 Å². The van der Waals surface area contributed by atoms with Crippen molar-refractivity contribution in [1.82, 2.24) is 5.32 Å². The first kappa shape index (κ1) is 11.0. The molecule has 0 spiro atoms. The standard InChI is InChI=1S/C15H18FN/c1-10-2-3-11-8-14(10)15(17-9-11)12-4-6-13(16)7-5-12/h2,4-7,11,14-15,17H,3,8-9H2,1H3/t11-,14-,15+/m1/s1. The molecule has 0 amide bonds. The highest BCUT2D eigenvalue weighted by atomic mass is 19.1. The summed E-state index contributed by atoms with van der Waals surface area (Å²) in [4.78, 5) is 0. The van der Waals surface area contributed by atoms with Crippen LogP contribution in [0.3, 0.4) is 0 Å². The van der Waals surface area contributed by atoms with E-state index in [1.807, 2.05) is 12.1 Å². The largest absolute Gasteiger partial charge is 0.309 e. The van der Waals surface area contributed by atoms with Gasteiger partial charge in [-0.15, -0.1) is 0 Å². The van der Waals surface area contributed by atoms with Gasteiger partial charge in [-0.2, -0.15) is 0 Å². The summed E-state index contributed by atoms with van der Waals surface area (Å²) in [6.45, 7) is 3.31. The molecule has 1 aromatic carbocycles. The van der Waals surface area contributed by atoms with E-state index < -0.39 is 0 Å². The van der Waals surface area contributed by atoms with Crippen molar-refractivity contribution in [2.75, 3.05) is 6.54 Å². The van der Waals surface area contributed by atoms with Crippen LogP contribution in [0.15, 0.2) is 35.9 Å². The summed E-state index contributed by atoms with van der Waals surface area (Å²) in [6.07, 6.45) is 4.87. The van der Waals surface area contributed by atoms with E-state index in [0.29, 0.717) is 12.0 Å². The van der Waals surface area contributed by atoms with Gasteiger partial charge in [-0.3, -0.25) is 0 Å². The summed E-state index contributed by atoms with van der Waals surface area (Å²) in [5, 5.41) is 3.62. The van der Waals surface area contributed by atoms with Crippen LogP contribution >= 0.6 is 0 Å². The summed E-state index contributed by atoms with van der Waals surface area (Å²) in [5.41, 5.74) is 2.70. The zero-order valence-corrected chi connectivity index (χ0v) is 10.1. The molecular formula is C15H18FN. The Kier molecular flexibility index (Phi) is 2.75. The fraction of sp³-hybridized carbons (Fsp3) is 0.467. The van der Waals surface area contributed by atoms with Crippen molar-refractivity contribution >= 4 is 0 Å². The first-order chi connectivity index (χ1) is 8.24. The summed E-state index contributed by atoms with van der Waals surface area (Å²) in [6, 6.07) is 7.31. The number of nitrogens with one attached hydrogen (secondary N) is 1.